The number of carbonyl (C=O) groups is 1. The molecule has 0 aliphatic carbocycles. The number of carbonyl (C=O) groups excluding carboxylic acids is 1. The Kier molecular flexibility index (Phi) is 7.02. The number of nitrogens with zero attached hydrogens (tertiary/aromatic N) is 2. The lowest BCUT2D eigenvalue weighted by Crippen LogP contribution is -2.35. The molecule has 1 heterocycles. The summed E-state index contributed by atoms with van der Waals surface area (Å²) >= 11 is 5.99. The van der Waals surface area contributed by atoms with Gasteiger partial charge in [0.05, 0.1) is 11.7 Å². The third kappa shape index (κ3) is 6.11. The van der Waals surface area contributed by atoms with Crippen molar-refractivity contribution in [2.75, 3.05) is 19.0 Å². The number of benzene rings is 2. The molecule has 9 heteroatoms. The Morgan fingerprint density at radius 1 is 1.10 bits per heavy atom. The number of hydrogen-bond acceptors (Lipinski definition) is 3. The van der Waals surface area contributed by atoms with E-state index in [1.54, 1.807) is 55.8 Å². The normalized spacial score (nSPS) is 12.2. The van der Waals surface area contributed by atoms with Crippen molar-refractivity contribution >= 4 is 23.3 Å². The highest BCUT2D eigenvalue weighted by atomic mass is 35.5. The van der Waals surface area contributed by atoms with Gasteiger partial charge in [-0.1, -0.05) is 41.9 Å². The number of para-hydroxylation sites is 2. The molecule has 1 aromatic heterocycles. The van der Waals surface area contributed by atoms with E-state index in [1.807, 2.05) is 6.07 Å². The number of hydrogen-bond donors (Lipinski definition) is 1. The first-order valence-corrected chi connectivity index (χ1v) is 9.60. The van der Waals surface area contributed by atoms with Crippen molar-refractivity contribution in [3.8, 4) is 5.75 Å². The van der Waals surface area contributed by atoms with E-state index in [2.05, 4.69) is 10.3 Å². The van der Waals surface area contributed by atoms with Crippen LogP contribution in [0.4, 0.5) is 23.7 Å². The van der Waals surface area contributed by atoms with Crippen molar-refractivity contribution in [1.29, 1.82) is 0 Å². The van der Waals surface area contributed by atoms with Crippen molar-refractivity contribution in [3.05, 3.63) is 89.2 Å². The van der Waals surface area contributed by atoms with Crippen molar-refractivity contribution in [2.24, 2.45) is 0 Å². The molecule has 0 radical (unpaired) electrons. The molecule has 31 heavy (non-hydrogen) atoms. The number of anilines is 1. The van der Waals surface area contributed by atoms with Crippen LogP contribution < -0.4 is 10.1 Å². The minimum Gasteiger partial charge on any atom is -0.482 e. The average Bonchev–Trinajstić information content (AvgIpc) is 2.75. The Balaban J connectivity index is 1.85. The van der Waals surface area contributed by atoms with Gasteiger partial charge in [-0.3, -0.25) is 4.98 Å². The Hall–Kier alpha value is -3.26. The van der Waals surface area contributed by atoms with Gasteiger partial charge in [-0.2, -0.15) is 13.2 Å². The Morgan fingerprint density at radius 3 is 2.45 bits per heavy atom. The number of amides is 2. The smallest absolute Gasteiger partial charge is 0.422 e. The molecule has 5 nitrogen and oxygen atoms in total. The first-order valence-electron chi connectivity index (χ1n) is 9.22. The van der Waals surface area contributed by atoms with Crippen LogP contribution in [0.3, 0.4) is 0 Å². The number of halogens is 4. The summed E-state index contributed by atoms with van der Waals surface area (Å²) in [6, 6.07) is 15.5. The standard InChI is InChI=1S/C22H19ClF3N3O2/c1-29(20(16-5-4-12-27-13-16)15-8-10-17(23)11-9-15)21(30)28-18-6-2-3-7-19(18)31-14-22(24,25)26/h2-13,20H,14H2,1H3,(H,28,30)/t20-/m0/s1. The lowest BCUT2D eigenvalue weighted by atomic mass is 9.99. The van der Waals surface area contributed by atoms with Gasteiger partial charge in [0, 0.05) is 24.5 Å². The molecule has 0 bridgehead atoms. The zero-order chi connectivity index (χ0) is 22.4. The van der Waals surface area contributed by atoms with Gasteiger partial charge in [-0.05, 0) is 41.5 Å². The van der Waals surface area contributed by atoms with Crippen LogP contribution >= 0.6 is 11.6 Å². The number of nitrogens with one attached hydrogen (secondary N) is 1. The minimum atomic E-state index is -4.49. The number of pyridine rings is 1. The number of alkyl halides is 3. The van der Waals surface area contributed by atoms with Crippen LogP contribution in [0.15, 0.2) is 73.1 Å². The highest BCUT2D eigenvalue weighted by Gasteiger charge is 2.29. The zero-order valence-corrected chi connectivity index (χ0v) is 17.2. The zero-order valence-electron chi connectivity index (χ0n) is 16.4. The third-order valence-electron chi connectivity index (χ3n) is 4.41. The fourth-order valence-electron chi connectivity index (χ4n) is 3.00. The topological polar surface area (TPSA) is 54.5 Å². The highest BCUT2D eigenvalue weighted by molar-refractivity contribution is 6.30. The molecule has 0 saturated heterocycles. The summed E-state index contributed by atoms with van der Waals surface area (Å²) in [5.74, 6) is -0.0778. The molecule has 0 spiro atoms. The maximum Gasteiger partial charge on any atom is 0.422 e. The molecule has 162 valence electrons. The molecular weight excluding hydrogens is 431 g/mol. The molecule has 3 rings (SSSR count). The van der Waals surface area contributed by atoms with Crippen LogP contribution in [-0.2, 0) is 0 Å². The molecule has 1 N–H and O–H groups in total. The number of rotatable bonds is 6. The molecule has 1 atom stereocenters. The molecule has 0 fully saturated rings. The summed E-state index contributed by atoms with van der Waals surface area (Å²) in [5, 5.41) is 3.18. The summed E-state index contributed by atoms with van der Waals surface area (Å²) in [6.07, 6.45) is -1.23. The Morgan fingerprint density at radius 2 is 1.81 bits per heavy atom. The molecule has 0 aliphatic rings. The van der Waals surface area contributed by atoms with Gasteiger partial charge in [0.2, 0.25) is 0 Å². The van der Waals surface area contributed by atoms with Crippen LogP contribution in [0, 0.1) is 0 Å². The van der Waals surface area contributed by atoms with Gasteiger partial charge in [0.1, 0.15) is 5.75 Å². The van der Waals surface area contributed by atoms with Gasteiger partial charge in [0.15, 0.2) is 6.61 Å². The average molecular weight is 450 g/mol. The van der Waals surface area contributed by atoms with Crippen LogP contribution in [0.2, 0.25) is 5.02 Å². The van der Waals surface area contributed by atoms with E-state index in [0.29, 0.717) is 5.02 Å². The van der Waals surface area contributed by atoms with Crippen molar-refractivity contribution < 1.29 is 22.7 Å². The quantitative estimate of drug-likeness (QED) is 0.507. The van der Waals surface area contributed by atoms with E-state index in [0.717, 1.165) is 11.1 Å². The lowest BCUT2D eigenvalue weighted by Gasteiger charge is -2.29. The SMILES string of the molecule is CN(C(=O)Nc1ccccc1OCC(F)(F)F)[C@@H](c1ccc(Cl)cc1)c1cccnc1. The maximum atomic E-state index is 13.0. The molecular formula is C22H19ClF3N3O2. The number of ether oxygens (including phenoxy) is 1. The Labute approximate surface area is 182 Å². The molecule has 2 aromatic carbocycles. The molecule has 0 unspecified atom stereocenters. The van der Waals surface area contributed by atoms with Gasteiger partial charge in [-0.15, -0.1) is 0 Å². The van der Waals surface area contributed by atoms with E-state index < -0.39 is 24.9 Å². The Bertz CT molecular complexity index is 1010. The van der Waals surface area contributed by atoms with E-state index in [-0.39, 0.29) is 11.4 Å². The van der Waals surface area contributed by atoms with E-state index in [1.165, 1.54) is 23.1 Å². The van der Waals surface area contributed by atoms with Crippen molar-refractivity contribution in [2.45, 2.75) is 12.2 Å². The van der Waals surface area contributed by atoms with Gasteiger partial charge in [0.25, 0.3) is 0 Å². The summed E-state index contributed by atoms with van der Waals surface area (Å²) in [4.78, 5) is 18.6. The maximum absolute atomic E-state index is 13.0. The van der Waals surface area contributed by atoms with Crippen molar-refractivity contribution in [3.63, 3.8) is 0 Å². The fraction of sp³-hybridized carbons (Fsp3) is 0.182. The van der Waals surface area contributed by atoms with Gasteiger partial charge >= 0.3 is 12.2 Å². The molecule has 0 aliphatic heterocycles. The van der Waals surface area contributed by atoms with E-state index in [9.17, 15) is 18.0 Å². The molecule has 0 saturated carbocycles. The molecule has 3 aromatic rings. The van der Waals surface area contributed by atoms with Crippen LogP contribution in [-0.4, -0.2) is 35.7 Å². The summed E-state index contributed by atoms with van der Waals surface area (Å²) in [5.41, 5.74) is 1.67. The number of aromatic nitrogens is 1. The van der Waals surface area contributed by atoms with Crippen LogP contribution in [0.5, 0.6) is 5.75 Å². The van der Waals surface area contributed by atoms with E-state index >= 15 is 0 Å². The lowest BCUT2D eigenvalue weighted by molar-refractivity contribution is -0.153. The summed E-state index contributed by atoms with van der Waals surface area (Å²) in [7, 11) is 1.58. The molecule has 2 amide bonds. The second kappa shape index (κ2) is 9.70. The van der Waals surface area contributed by atoms with Crippen LogP contribution in [0.25, 0.3) is 0 Å². The van der Waals surface area contributed by atoms with Gasteiger partial charge in [-0.25, -0.2) is 4.79 Å². The minimum absolute atomic E-state index is 0.0778. The number of urea groups is 1. The van der Waals surface area contributed by atoms with E-state index in [4.69, 9.17) is 16.3 Å². The van der Waals surface area contributed by atoms with Crippen molar-refractivity contribution in [1.82, 2.24) is 9.88 Å². The van der Waals surface area contributed by atoms with Gasteiger partial charge < -0.3 is 15.0 Å². The second-order valence-electron chi connectivity index (χ2n) is 6.68. The highest BCUT2D eigenvalue weighted by Crippen LogP contribution is 2.31. The first-order chi connectivity index (χ1) is 14.7. The predicted octanol–water partition coefficient (Wildman–Crippen LogP) is 5.93. The summed E-state index contributed by atoms with van der Waals surface area (Å²) < 4.78 is 42.5. The van der Waals surface area contributed by atoms with Crippen LogP contribution in [0.1, 0.15) is 17.2 Å². The summed E-state index contributed by atoms with van der Waals surface area (Å²) in [6.45, 7) is -1.46. The second-order valence-corrected chi connectivity index (χ2v) is 7.12. The third-order valence-corrected chi connectivity index (χ3v) is 4.67. The monoisotopic (exact) mass is 449 g/mol. The predicted molar refractivity (Wildman–Crippen MR) is 112 cm³/mol. The first kappa shape index (κ1) is 22.4. The largest absolute Gasteiger partial charge is 0.482 e. The fourth-order valence-corrected chi connectivity index (χ4v) is 3.12.